The van der Waals surface area contributed by atoms with Crippen LogP contribution in [0.15, 0.2) is 30.3 Å². The fourth-order valence-electron chi connectivity index (χ4n) is 0.420. The van der Waals surface area contributed by atoms with Gasteiger partial charge in [0.25, 0.3) is 0 Å². The van der Waals surface area contributed by atoms with E-state index in [9.17, 15) is 0 Å². The standard InChI is InChI=1S/C6H6Se.ClH.Zn/c7-6-4-2-1-3-5-6;;/h1-5,7H;1H;/q;;+2/p-2. The van der Waals surface area contributed by atoms with E-state index in [1.54, 1.807) is 0 Å². The maximum Gasteiger partial charge on any atom is 2.00 e. The SMILES string of the molecule is [Cl-].[Se-]c1ccccc1.[Zn+2]. The molecule has 0 atom stereocenters. The van der Waals surface area contributed by atoms with Crippen molar-refractivity contribution in [2.24, 2.45) is 0 Å². The first-order valence-corrected chi connectivity index (χ1v) is 2.97. The van der Waals surface area contributed by atoms with Crippen molar-refractivity contribution in [1.82, 2.24) is 0 Å². The molecular weight excluding hydrogens is 252 g/mol. The second kappa shape index (κ2) is 6.77. The van der Waals surface area contributed by atoms with E-state index in [2.05, 4.69) is 16.0 Å². The van der Waals surface area contributed by atoms with Gasteiger partial charge in [-0.15, -0.1) is 0 Å². The summed E-state index contributed by atoms with van der Waals surface area (Å²) in [5.41, 5.74) is 0. The number of hydrogen-bond donors (Lipinski definition) is 0. The number of benzene rings is 1. The molecule has 0 nitrogen and oxygen atoms in total. The summed E-state index contributed by atoms with van der Waals surface area (Å²) in [5.74, 6) is 0. The van der Waals surface area contributed by atoms with Gasteiger partial charge in [0.05, 0.1) is 0 Å². The van der Waals surface area contributed by atoms with Crippen LogP contribution in [0.1, 0.15) is 0 Å². The van der Waals surface area contributed by atoms with E-state index in [1.165, 1.54) is 4.46 Å². The minimum absolute atomic E-state index is 0. The van der Waals surface area contributed by atoms with Crippen molar-refractivity contribution in [1.29, 1.82) is 0 Å². The Morgan fingerprint density at radius 1 is 1.00 bits per heavy atom. The Bertz CT molecular complexity index is 143. The number of hydrogen-bond acceptors (Lipinski definition) is 0. The average molecular weight is 257 g/mol. The van der Waals surface area contributed by atoms with Crippen LogP contribution < -0.4 is 16.9 Å². The van der Waals surface area contributed by atoms with Crippen molar-refractivity contribution < 1.29 is 31.9 Å². The van der Waals surface area contributed by atoms with Gasteiger partial charge in [0.2, 0.25) is 0 Å². The molecule has 0 radical (unpaired) electrons. The molecule has 44 valence electrons. The Hall–Kier alpha value is 0.653. The van der Waals surface area contributed by atoms with Crippen LogP contribution in [0.4, 0.5) is 0 Å². The smallest absolute Gasteiger partial charge is 2.00 e. The summed E-state index contributed by atoms with van der Waals surface area (Å²) in [5, 5.41) is 0. The maximum atomic E-state index is 2.90. The molecule has 0 aromatic heterocycles. The second-order valence-corrected chi connectivity index (χ2v) is 2.30. The van der Waals surface area contributed by atoms with Crippen LogP contribution in [0, 0.1) is 0 Å². The quantitative estimate of drug-likeness (QED) is 0.450. The van der Waals surface area contributed by atoms with Gasteiger partial charge in [-0.1, -0.05) is 0 Å². The fraction of sp³-hybridized carbons (Fsp3) is 0. The summed E-state index contributed by atoms with van der Waals surface area (Å²) in [6, 6.07) is 10.1. The van der Waals surface area contributed by atoms with E-state index in [-0.39, 0.29) is 31.9 Å². The van der Waals surface area contributed by atoms with Gasteiger partial charge in [-0.25, -0.2) is 0 Å². The van der Waals surface area contributed by atoms with E-state index < -0.39 is 0 Å². The molecule has 0 aliphatic rings. The van der Waals surface area contributed by atoms with Crippen LogP contribution in [0.2, 0.25) is 0 Å². The Kier molecular flexibility index (Phi) is 9.28. The Morgan fingerprint density at radius 2 is 1.44 bits per heavy atom. The third kappa shape index (κ3) is 5.12. The fourth-order valence-corrected chi connectivity index (χ4v) is 0.750. The van der Waals surface area contributed by atoms with Gasteiger partial charge in [0.15, 0.2) is 0 Å². The Labute approximate surface area is 82.4 Å². The van der Waals surface area contributed by atoms with Gasteiger partial charge in [-0.05, 0) is 0 Å². The average Bonchev–Trinajstić information content (AvgIpc) is 1.69. The topological polar surface area (TPSA) is 0 Å². The third-order valence-electron chi connectivity index (χ3n) is 0.743. The molecule has 9 heavy (non-hydrogen) atoms. The van der Waals surface area contributed by atoms with Crippen LogP contribution in [0.25, 0.3) is 0 Å². The van der Waals surface area contributed by atoms with Crippen LogP contribution in [-0.2, 0) is 19.5 Å². The van der Waals surface area contributed by atoms with Gasteiger partial charge in [-0.3, -0.25) is 0 Å². The Balaban J connectivity index is 0. The molecule has 1 aromatic carbocycles. The molecule has 3 heteroatoms. The normalized spacial score (nSPS) is 6.67. The van der Waals surface area contributed by atoms with Crippen molar-refractivity contribution in [3.63, 3.8) is 0 Å². The zero-order chi connectivity index (χ0) is 5.11. The summed E-state index contributed by atoms with van der Waals surface area (Å²) in [7, 11) is 0. The van der Waals surface area contributed by atoms with Gasteiger partial charge >= 0.3 is 70.3 Å². The predicted molar refractivity (Wildman–Crippen MR) is 31.8 cm³/mol. The van der Waals surface area contributed by atoms with Crippen LogP contribution in [-0.4, -0.2) is 16.0 Å². The van der Waals surface area contributed by atoms with Gasteiger partial charge in [-0.2, -0.15) is 0 Å². The van der Waals surface area contributed by atoms with E-state index in [0.717, 1.165) is 0 Å². The maximum absolute atomic E-state index is 2.90. The van der Waals surface area contributed by atoms with Crippen molar-refractivity contribution in [2.45, 2.75) is 0 Å². The van der Waals surface area contributed by atoms with Gasteiger partial charge < -0.3 is 12.4 Å². The van der Waals surface area contributed by atoms with E-state index in [1.807, 2.05) is 30.3 Å². The minimum Gasteiger partial charge on any atom is 2.00 e. The summed E-state index contributed by atoms with van der Waals surface area (Å²) in [4.78, 5) is 0. The molecule has 1 rings (SSSR count). The van der Waals surface area contributed by atoms with E-state index in [4.69, 9.17) is 0 Å². The summed E-state index contributed by atoms with van der Waals surface area (Å²) < 4.78 is 1.20. The molecule has 0 spiro atoms. The first kappa shape index (κ1) is 12.3. The first-order chi connectivity index (χ1) is 3.39. The van der Waals surface area contributed by atoms with Crippen molar-refractivity contribution in [2.75, 3.05) is 0 Å². The van der Waals surface area contributed by atoms with Crippen LogP contribution >= 0.6 is 0 Å². The van der Waals surface area contributed by atoms with Crippen molar-refractivity contribution >= 4 is 20.5 Å². The third-order valence-corrected chi connectivity index (χ3v) is 1.31. The predicted octanol–water partition coefficient (Wildman–Crippen LogP) is -2.52. The van der Waals surface area contributed by atoms with Crippen LogP contribution in [0.5, 0.6) is 0 Å². The molecule has 0 fully saturated rings. The molecule has 1 aromatic rings. The first-order valence-electron chi connectivity index (χ1n) is 2.11. The minimum atomic E-state index is 0. The molecule has 0 N–H and O–H groups in total. The molecule has 0 saturated heterocycles. The Morgan fingerprint density at radius 3 is 1.67 bits per heavy atom. The monoisotopic (exact) mass is 256 g/mol. The van der Waals surface area contributed by atoms with Crippen LogP contribution in [0.3, 0.4) is 0 Å². The molecule has 0 amide bonds. The van der Waals surface area contributed by atoms with Gasteiger partial charge in [0, 0.05) is 0 Å². The molecule has 0 heterocycles. The van der Waals surface area contributed by atoms with Crippen molar-refractivity contribution in [3.8, 4) is 0 Å². The molecule has 0 saturated carbocycles. The summed E-state index contributed by atoms with van der Waals surface area (Å²) in [6.07, 6.45) is 0. The largest absolute Gasteiger partial charge is 2.00 e. The molecule has 0 aliphatic carbocycles. The number of halogens is 1. The van der Waals surface area contributed by atoms with Gasteiger partial charge in [0.1, 0.15) is 0 Å². The zero-order valence-electron chi connectivity index (χ0n) is 4.88. The van der Waals surface area contributed by atoms with Crippen molar-refractivity contribution in [3.05, 3.63) is 30.3 Å². The summed E-state index contributed by atoms with van der Waals surface area (Å²) in [6.45, 7) is 0. The molecular formula is C6H5ClSeZn. The second-order valence-electron chi connectivity index (χ2n) is 1.31. The van der Waals surface area contributed by atoms with E-state index >= 15 is 0 Å². The molecule has 0 unspecified atom stereocenters. The van der Waals surface area contributed by atoms with E-state index in [0.29, 0.717) is 0 Å². The molecule has 0 bridgehead atoms. The molecule has 0 aliphatic heterocycles. The summed E-state index contributed by atoms with van der Waals surface area (Å²) >= 11 is 2.90. The number of rotatable bonds is 0. The zero-order valence-corrected chi connectivity index (χ0v) is 10.3.